The highest BCUT2D eigenvalue weighted by Crippen LogP contribution is 2.38. The lowest BCUT2D eigenvalue weighted by Crippen LogP contribution is -2.38. The number of hydrogen-bond acceptors (Lipinski definition) is 4. The van der Waals surface area contributed by atoms with Crippen LogP contribution in [0.5, 0.6) is 0 Å². The Morgan fingerprint density at radius 1 is 0.909 bits per heavy atom. The van der Waals surface area contributed by atoms with Crippen LogP contribution in [0.1, 0.15) is 82.5 Å². The summed E-state index contributed by atoms with van der Waals surface area (Å²) < 4.78 is 0. The van der Waals surface area contributed by atoms with Gasteiger partial charge in [0.25, 0.3) is 5.91 Å². The molecule has 2 saturated carbocycles. The lowest BCUT2D eigenvalue weighted by atomic mass is 9.71. The second-order valence-corrected chi connectivity index (χ2v) is 11.1. The fraction of sp³-hybridized carbons (Fsp3) is 0.593. The van der Waals surface area contributed by atoms with E-state index in [1.165, 1.54) is 12.8 Å². The van der Waals surface area contributed by atoms with Crippen molar-refractivity contribution in [3.05, 3.63) is 36.0 Å². The van der Waals surface area contributed by atoms with Gasteiger partial charge in [0.05, 0.1) is 5.92 Å². The zero-order valence-corrected chi connectivity index (χ0v) is 20.1. The summed E-state index contributed by atoms with van der Waals surface area (Å²) in [6.45, 7) is 7.02. The molecule has 0 spiro atoms. The third kappa shape index (κ3) is 5.84. The lowest BCUT2D eigenvalue weighted by molar-refractivity contribution is -0.142. The van der Waals surface area contributed by atoms with Crippen molar-refractivity contribution in [2.45, 2.75) is 84.2 Å². The van der Waals surface area contributed by atoms with E-state index in [2.05, 4.69) is 36.4 Å². The summed E-state index contributed by atoms with van der Waals surface area (Å²) >= 11 is 0. The van der Waals surface area contributed by atoms with Gasteiger partial charge in [-0.05, 0) is 86.3 Å². The summed E-state index contributed by atoms with van der Waals surface area (Å²) in [5.74, 6) is 0.546. The normalized spacial score (nSPS) is 26.0. The smallest absolute Gasteiger partial charge is 0.306 e. The zero-order valence-electron chi connectivity index (χ0n) is 20.1. The monoisotopic (exact) mass is 451 g/mol. The number of aromatic nitrogens is 1. The van der Waals surface area contributed by atoms with Gasteiger partial charge >= 0.3 is 5.97 Å². The Labute approximate surface area is 196 Å². The molecule has 0 unspecified atom stereocenters. The quantitative estimate of drug-likeness (QED) is 0.548. The predicted molar refractivity (Wildman–Crippen MR) is 131 cm³/mol. The van der Waals surface area contributed by atoms with Crippen molar-refractivity contribution < 1.29 is 14.7 Å². The molecule has 0 saturated heterocycles. The van der Waals surface area contributed by atoms with Gasteiger partial charge in [-0.3, -0.25) is 9.59 Å². The van der Waals surface area contributed by atoms with Gasteiger partial charge in [0.2, 0.25) is 0 Å². The number of carbonyl (C=O) groups is 2. The van der Waals surface area contributed by atoms with Gasteiger partial charge in [-0.15, -0.1) is 0 Å². The summed E-state index contributed by atoms with van der Waals surface area (Å²) in [7, 11) is 0. The summed E-state index contributed by atoms with van der Waals surface area (Å²) in [5, 5.41) is 17.9. The Bertz CT molecular complexity index is 997. The number of carboxylic acids is 1. The molecule has 0 bridgehead atoms. The van der Waals surface area contributed by atoms with Gasteiger partial charge in [-0.25, -0.2) is 4.98 Å². The summed E-state index contributed by atoms with van der Waals surface area (Å²) in [6.07, 6.45) is 9.35. The van der Waals surface area contributed by atoms with Crippen LogP contribution in [-0.4, -0.2) is 34.1 Å². The molecular weight excluding hydrogens is 414 g/mol. The number of carboxylic acid groups (broad SMARTS) is 1. The number of benzene rings is 1. The fourth-order valence-corrected chi connectivity index (χ4v) is 5.43. The molecule has 33 heavy (non-hydrogen) atoms. The third-order valence-electron chi connectivity index (χ3n) is 7.70. The molecule has 0 radical (unpaired) electrons. The van der Waals surface area contributed by atoms with Crippen molar-refractivity contribution in [1.29, 1.82) is 0 Å². The van der Waals surface area contributed by atoms with Crippen LogP contribution in [-0.2, 0) is 4.79 Å². The van der Waals surface area contributed by atoms with Crippen molar-refractivity contribution in [3.8, 4) is 0 Å². The highest BCUT2D eigenvalue weighted by atomic mass is 16.4. The molecule has 1 heterocycles. The number of amides is 1. The average Bonchev–Trinajstić information content (AvgIpc) is 2.78. The number of fused-ring (bicyclic) bond motifs is 1. The van der Waals surface area contributed by atoms with Crippen molar-refractivity contribution in [2.75, 3.05) is 5.32 Å². The number of nitrogens with zero attached hydrogens (tertiary/aromatic N) is 1. The molecular formula is C27H37N3O3. The van der Waals surface area contributed by atoms with E-state index in [9.17, 15) is 9.59 Å². The van der Waals surface area contributed by atoms with Crippen LogP contribution in [0.25, 0.3) is 10.8 Å². The number of carbonyl (C=O) groups excluding carboxylic acids is 1. The predicted octanol–water partition coefficient (Wildman–Crippen LogP) is 5.62. The Kier molecular flexibility index (Phi) is 6.91. The van der Waals surface area contributed by atoms with Gasteiger partial charge in [0, 0.05) is 29.2 Å². The summed E-state index contributed by atoms with van der Waals surface area (Å²) in [4.78, 5) is 28.6. The molecule has 1 aromatic heterocycles. The van der Waals surface area contributed by atoms with Crippen LogP contribution in [0.4, 0.5) is 5.82 Å². The minimum absolute atomic E-state index is 0.0432. The average molecular weight is 452 g/mol. The molecule has 178 valence electrons. The number of hydrogen-bond donors (Lipinski definition) is 3. The number of anilines is 1. The van der Waals surface area contributed by atoms with Crippen molar-refractivity contribution >= 4 is 28.5 Å². The molecule has 4 rings (SSSR count). The van der Waals surface area contributed by atoms with E-state index in [-0.39, 0.29) is 17.9 Å². The first-order valence-electron chi connectivity index (χ1n) is 12.4. The molecule has 1 aromatic carbocycles. The second kappa shape index (κ2) is 9.70. The molecule has 6 heteroatoms. The van der Waals surface area contributed by atoms with E-state index in [1.54, 1.807) is 0 Å². The fourth-order valence-electron chi connectivity index (χ4n) is 5.43. The van der Waals surface area contributed by atoms with Crippen molar-refractivity contribution in [3.63, 3.8) is 0 Å². The molecule has 2 aliphatic carbocycles. The van der Waals surface area contributed by atoms with E-state index in [1.807, 2.05) is 30.5 Å². The maximum atomic E-state index is 12.8. The molecule has 3 N–H and O–H groups in total. The molecule has 1 amide bonds. The SMILES string of the molecule is CC(C)(C)C1CCC(Nc2cc3cc(C(=O)N[C@H]4CC[C@H](C(=O)O)CC4)ccc3cn2)CC1. The Morgan fingerprint density at radius 3 is 2.21 bits per heavy atom. The largest absolute Gasteiger partial charge is 0.481 e. The molecule has 0 atom stereocenters. The molecule has 2 aliphatic rings. The highest BCUT2D eigenvalue weighted by molar-refractivity contribution is 5.99. The van der Waals surface area contributed by atoms with Crippen LogP contribution < -0.4 is 10.6 Å². The zero-order chi connectivity index (χ0) is 23.6. The van der Waals surface area contributed by atoms with Gasteiger partial charge in [-0.1, -0.05) is 26.8 Å². The Balaban J connectivity index is 1.37. The summed E-state index contributed by atoms with van der Waals surface area (Å²) in [6, 6.07) is 8.24. The lowest BCUT2D eigenvalue weighted by Gasteiger charge is -2.37. The molecule has 0 aliphatic heterocycles. The minimum Gasteiger partial charge on any atom is -0.481 e. The Hall–Kier alpha value is -2.63. The van der Waals surface area contributed by atoms with Crippen LogP contribution in [0, 0.1) is 17.3 Å². The first-order chi connectivity index (χ1) is 15.7. The van der Waals surface area contributed by atoms with Gasteiger partial charge < -0.3 is 15.7 Å². The third-order valence-corrected chi connectivity index (χ3v) is 7.70. The number of rotatable bonds is 5. The van der Waals surface area contributed by atoms with E-state index < -0.39 is 5.97 Å². The first-order valence-corrected chi connectivity index (χ1v) is 12.4. The topological polar surface area (TPSA) is 91.3 Å². The minimum atomic E-state index is -0.727. The van der Waals surface area contributed by atoms with Gasteiger partial charge in [-0.2, -0.15) is 0 Å². The molecule has 2 fully saturated rings. The van der Waals surface area contributed by atoms with Crippen LogP contribution >= 0.6 is 0 Å². The van der Waals surface area contributed by atoms with E-state index in [0.717, 1.165) is 35.3 Å². The second-order valence-electron chi connectivity index (χ2n) is 11.1. The van der Waals surface area contributed by atoms with Crippen molar-refractivity contribution in [1.82, 2.24) is 10.3 Å². The maximum Gasteiger partial charge on any atom is 0.306 e. The molecule has 6 nitrogen and oxygen atoms in total. The number of aliphatic carboxylic acids is 1. The van der Waals surface area contributed by atoms with Crippen LogP contribution in [0.15, 0.2) is 30.5 Å². The van der Waals surface area contributed by atoms with Crippen molar-refractivity contribution in [2.24, 2.45) is 17.3 Å². The first kappa shape index (κ1) is 23.5. The van der Waals surface area contributed by atoms with Crippen LogP contribution in [0.3, 0.4) is 0 Å². The number of pyridine rings is 1. The van der Waals surface area contributed by atoms with Gasteiger partial charge in [0.1, 0.15) is 5.82 Å². The number of nitrogens with one attached hydrogen (secondary N) is 2. The molecule has 2 aromatic rings. The summed E-state index contributed by atoms with van der Waals surface area (Å²) in [5.41, 5.74) is 1.00. The van der Waals surface area contributed by atoms with E-state index in [0.29, 0.717) is 42.7 Å². The standard InChI is InChI=1S/C27H37N3O3/c1-27(2,3)21-8-12-22(13-9-21)29-24-15-20-14-18(4-5-19(20)16-28-24)25(31)30-23-10-6-17(7-11-23)26(32)33/h4-5,14-17,21-23H,6-13H2,1-3H3,(H,28,29)(H,30,31)(H,32,33)/t17-,21?,22?,23-. The maximum absolute atomic E-state index is 12.8. The van der Waals surface area contributed by atoms with E-state index >= 15 is 0 Å². The highest BCUT2D eigenvalue weighted by Gasteiger charge is 2.30. The van der Waals surface area contributed by atoms with E-state index in [4.69, 9.17) is 5.11 Å². The Morgan fingerprint density at radius 2 is 1.58 bits per heavy atom. The van der Waals surface area contributed by atoms with Gasteiger partial charge in [0.15, 0.2) is 0 Å². The van der Waals surface area contributed by atoms with Crippen LogP contribution in [0.2, 0.25) is 0 Å².